The van der Waals surface area contributed by atoms with Gasteiger partial charge < -0.3 is 4.90 Å². The third-order valence-corrected chi connectivity index (χ3v) is 3.51. The number of para-hydroxylation sites is 1. The number of rotatable bonds is 8. The number of amides is 1. The van der Waals surface area contributed by atoms with Gasteiger partial charge in [0.2, 0.25) is 5.91 Å². The molecule has 0 saturated heterocycles. The van der Waals surface area contributed by atoms with E-state index >= 15 is 0 Å². The molecule has 0 unspecified atom stereocenters. The summed E-state index contributed by atoms with van der Waals surface area (Å²) < 4.78 is 0. The van der Waals surface area contributed by atoms with Gasteiger partial charge in [-0.05, 0) is 25.0 Å². The normalized spacial score (nSPS) is 10.3. The highest BCUT2D eigenvalue weighted by Crippen LogP contribution is 2.18. The van der Waals surface area contributed by atoms with Gasteiger partial charge >= 0.3 is 0 Å². The van der Waals surface area contributed by atoms with Crippen LogP contribution in [0, 0.1) is 6.92 Å². The number of carbonyl (C=O) groups excluding carboxylic acids is 2. The van der Waals surface area contributed by atoms with Crippen LogP contribution >= 0.6 is 0 Å². The van der Waals surface area contributed by atoms with Gasteiger partial charge in [-0.3, -0.25) is 9.59 Å². The molecule has 1 aromatic carbocycles. The van der Waals surface area contributed by atoms with Gasteiger partial charge in [-0.2, -0.15) is 0 Å². The fourth-order valence-corrected chi connectivity index (χ4v) is 2.20. The Kier molecular flexibility index (Phi) is 6.99. The van der Waals surface area contributed by atoms with Crippen molar-refractivity contribution in [3.63, 3.8) is 0 Å². The van der Waals surface area contributed by atoms with Crippen molar-refractivity contribution in [3.8, 4) is 0 Å². The van der Waals surface area contributed by atoms with Crippen molar-refractivity contribution in [2.24, 2.45) is 0 Å². The molecule has 0 spiro atoms. The maximum atomic E-state index is 12.1. The number of aryl methyl sites for hydroxylation is 1. The Morgan fingerprint density at radius 2 is 1.80 bits per heavy atom. The smallest absolute Gasteiger partial charge is 0.234 e. The van der Waals surface area contributed by atoms with Crippen LogP contribution in [0.25, 0.3) is 0 Å². The number of nitrogens with zero attached hydrogens (tertiary/aromatic N) is 1. The molecular weight excluding hydrogens is 250 g/mol. The fraction of sp³-hybridized carbons (Fsp3) is 0.529. The first kappa shape index (κ1) is 16.4. The average Bonchev–Trinajstić information content (AvgIpc) is 2.43. The summed E-state index contributed by atoms with van der Waals surface area (Å²) >= 11 is 0. The third kappa shape index (κ3) is 5.16. The summed E-state index contributed by atoms with van der Waals surface area (Å²) in [4.78, 5) is 25.5. The molecule has 1 amide bonds. The van der Waals surface area contributed by atoms with E-state index in [0.717, 1.165) is 36.9 Å². The monoisotopic (exact) mass is 275 g/mol. The van der Waals surface area contributed by atoms with E-state index in [1.54, 1.807) is 11.9 Å². The van der Waals surface area contributed by atoms with Crippen molar-refractivity contribution in [1.82, 2.24) is 0 Å². The van der Waals surface area contributed by atoms with Crippen molar-refractivity contribution in [3.05, 3.63) is 29.8 Å². The molecule has 0 N–H and O–H groups in total. The quantitative estimate of drug-likeness (QED) is 0.533. The molecule has 0 saturated carbocycles. The lowest BCUT2D eigenvalue weighted by atomic mass is 10.1. The van der Waals surface area contributed by atoms with Crippen LogP contribution in [0.2, 0.25) is 0 Å². The minimum Gasteiger partial charge on any atom is -0.315 e. The van der Waals surface area contributed by atoms with E-state index in [1.165, 1.54) is 0 Å². The molecular formula is C17H25NO2. The van der Waals surface area contributed by atoms with Crippen LogP contribution in [0.1, 0.15) is 51.0 Å². The molecule has 0 aromatic heterocycles. The Morgan fingerprint density at radius 1 is 1.10 bits per heavy atom. The first-order chi connectivity index (χ1) is 9.56. The number of hydrogen-bond acceptors (Lipinski definition) is 2. The van der Waals surface area contributed by atoms with Crippen LogP contribution < -0.4 is 4.90 Å². The van der Waals surface area contributed by atoms with Gasteiger partial charge in [0.25, 0.3) is 0 Å². The second kappa shape index (κ2) is 8.51. The lowest BCUT2D eigenvalue weighted by molar-refractivity contribution is -0.126. The minimum atomic E-state index is -0.125. The van der Waals surface area contributed by atoms with E-state index < -0.39 is 0 Å². The predicted octanol–water partition coefficient (Wildman–Crippen LogP) is 3.89. The molecule has 0 bridgehead atoms. The van der Waals surface area contributed by atoms with Gasteiger partial charge in [0.05, 0.1) is 6.42 Å². The largest absolute Gasteiger partial charge is 0.315 e. The van der Waals surface area contributed by atoms with Crippen LogP contribution in [0.3, 0.4) is 0 Å². The SMILES string of the molecule is CCCCCCC(=O)CC(=O)N(C)c1ccccc1C. The van der Waals surface area contributed by atoms with Crippen molar-refractivity contribution in [2.45, 2.75) is 52.4 Å². The molecule has 3 nitrogen and oxygen atoms in total. The molecule has 0 aliphatic heterocycles. The van der Waals surface area contributed by atoms with E-state index in [9.17, 15) is 9.59 Å². The highest BCUT2D eigenvalue weighted by molar-refractivity contribution is 6.05. The van der Waals surface area contributed by atoms with E-state index in [-0.39, 0.29) is 18.1 Å². The Labute approximate surface area is 122 Å². The number of benzene rings is 1. The lowest BCUT2D eigenvalue weighted by Gasteiger charge is -2.19. The standard InChI is InChI=1S/C17H25NO2/c1-4-5-6-7-11-15(19)13-17(20)18(3)16-12-9-8-10-14(16)2/h8-10,12H,4-7,11,13H2,1-3H3. The Bertz CT molecular complexity index is 454. The maximum absolute atomic E-state index is 12.1. The Morgan fingerprint density at radius 3 is 2.45 bits per heavy atom. The average molecular weight is 275 g/mol. The molecule has 0 radical (unpaired) electrons. The number of carbonyl (C=O) groups is 2. The van der Waals surface area contributed by atoms with Gasteiger partial charge in [0.1, 0.15) is 5.78 Å². The zero-order valence-electron chi connectivity index (χ0n) is 12.8. The number of ketones is 1. The molecule has 0 aliphatic rings. The molecule has 20 heavy (non-hydrogen) atoms. The molecule has 0 aliphatic carbocycles. The highest BCUT2D eigenvalue weighted by atomic mass is 16.2. The summed E-state index contributed by atoms with van der Waals surface area (Å²) in [5, 5.41) is 0. The Hall–Kier alpha value is -1.64. The van der Waals surface area contributed by atoms with E-state index in [0.29, 0.717) is 6.42 Å². The maximum Gasteiger partial charge on any atom is 0.234 e. The number of unbranched alkanes of at least 4 members (excludes halogenated alkanes) is 3. The lowest BCUT2D eigenvalue weighted by Crippen LogP contribution is -2.28. The molecule has 3 heteroatoms. The predicted molar refractivity (Wildman–Crippen MR) is 83.0 cm³/mol. The van der Waals surface area contributed by atoms with Crippen LogP contribution in [-0.4, -0.2) is 18.7 Å². The van der Waals surface area contributed by atoms with Crippen molar-refractivity contribution < 1.29 is 9.59 Å². The van der Waals surface area contributed by atoms with Crippen LogP contribution in [0.5, 0.6) is 0 Å². The first-order valence-corrected chi connectivity index (χ1v) is 7.40. The zero-order chi connectivity index (χ0) is 15.0. The van der Waals surface area contributed by atoms with Crippen LogP contribution in [-0.2, 0) is 9.59 Å². The van der Waals surface area contributed by atoms with E-state index in [1.807, 2.05) is 31.2 Å². The number of anilines is 1. The third-order valence-electron chi connectivity index (χ3n) is 3.51. The summed E-state index contributed by atoms with van der Waals surface area (Å²) in [6.45, 7) is 4.11. The topological polar surface area (TPSA) is 37.4 Å². The van der Waals surface area contributed by atoms with Crippen LogP contribution in [0.15, 0.2) is 24.3 Å². The molecule has 0 heterocycles. The highest BCUT2D eigenvalue weighted by Gasteiger charge is 2.16. The Balaban J connectivity index is 2.46. The number of Topliss-reactive ketones (excluding diaryl/α,β-unsaturated/α-hetero) is 1. The molecule has 1 rings (SSSR count). The van der Waals surface area contributed by atoms with Crippen molar-refractivity contribution >= 4 is 17.4 Å². The molecule has 110 valence electrons. The fourth-order valence-electron chi connectivity index (χ4n) is 2.20. The van der Waals surface area contributed by atoms with Gasteiger partial charge in [0.15, 0.2) is 0 Å². The van der Waals surface area contributed by atoms with Crippen molar-refractivity contribution in [1.29, 1.82) is 0 Å². The van der Waals surface area contributed by atoms with Crippen LogP contribution in [0.4, 0.5) is 5.69 Å². The summed E-state index contributed by atoms with van der Waals surface area (Å²) in [5.74, 6) is -0.0775. The van der Waals surface area contributed by atoms with Crippen molar-refractivity contribution in [2.75, 3.05) is 11.9 Å². The summed E-state index contributed by atoms with van der Waals surface area (Å²) in [6, 6.07) is 7.71. The molecule has 0 atom stereocenters. The molecule has 1 aromatic rings. The summed E-state index contributed by atoms with van der Waals surface area (Å²) in [5.41, 5.74) is 1.91. The zero-order valence-corrected chi connectivity index (χ0v) is 12.8. The minimum absolute atomic E-state index is 0.0109. The second-order valence-electron chi connectivity index (χ2n) is 5.27. The van der Waals surface area contributed by atoms with Gasteiger partial charge in [0, 0.05) is 19.2 Å². The molecule has 0 fully saturated rings. The van der Waals surface area contributed by atoms with E-state index in [4.69, 9.17) is 0 Å². The van der Waals surface area contributed by atoms with Gasteiger partial charge in [-0.25, -0.2) is 0 Å². The van der Waals surface area contributed by atoms with Gasteiger partial charge in [-0.1, -0.05) is 44.4 Å². The summed E-state index contributed by atoms with van der Waals surface area (Å²) in [6.07, 6.45) is 4.82. The summed E-state index contributed by atoms with van der Waals surface area (Å²) in [7, 11) is 1.73. The van der Waals surface area contributed by atoms with E-state index in [2.05, 4.69) is 6.92 Å². The van der Waals surface area contributed by atoms with Gasteiger partial charge in [-0.15, -0.1) is 0 Å². The second-order valence-corrected chi connectivity index (χ2v) is 5.27. The number of hydrogen-bond donors (Lipinski definition) is 0. The first-order valence-electron chi connectivity index (χ1n) is 7.40.